The van der Waals surface area contributed by atoms with Crippen LogP contribution >= 0.6 is 0 Å². The molecule has 2 rings (SSSR count). The summed E-state index contributed by atoms with van der Waals surface area (Å²) in [7, 11) is 0. The molecule has 0 aliphatic heterocycles. The Morgan fingerprint density at radius 1 is 1.14 bits per heavy atom. The zero-order valence-electron chi connectivity index (χ0n) is 19.0. The highest BCUT2D eigenvalue weighted by Crippen LogP contribution is 2.55. The molecule has 0 radical (unpaired) electrons. The minimum Gasteiger partial charge on any atom is -0.462 e. The first kappa shape index (κ1) is 23.7. The van der Waals surface area contributed by atoms with Crippen molar-refractivity contribution in [3.63, 3.8) is 0 Å². The molecule has 0 heterocycles. The second kappa shape index (κ2) is 8.63. The van der Waals surface area contributed by atoms with E-state index in [1.165, 1.54) is 13.8 Å². The van der Waals surface area contributed by atoms with Crippen molar-refractivity contribution in [3.05, 3.63) is 24.3 Å². The van der Waals surface area contributed by atoms with Crippen molar-refractivity contribution < 1.29 is 24.2 Å². The molecule has 0 bridgehead atoms. The molecule has 0 aromatic heterocycles. The van der Waals surface area contributed by atoms with Gasteiger partial charge in [-0.15, -0.1) is 0 Å². The van der Waals surface area contributed by atoms with Crippen LogP contribution in [-0.4, -0.2) is 34.4 Å². The fourth-order valence-electron chi connectivity index (χ4n) is 5.26. The van der Waals surface area contributed by atoms with Crippen molar-refractivity contribution in [2.45, 2.75) is 91.5 Å². The Hall–Kier alpha value is -1.62. The lowest BCUT2D eigenvalue weighted by molar-refractivity contribution is -0.165. The average molecular weight is 407 g/mol. The summed E-state index contributed by atoms with van der Waals surface area (Å²) in [5, 5.41) is 10.9. The van der Waals surface area contributed by atoms with Crippen molar-refractivity contribution in [1.82, 2.24) is 0 Å². The van der Waals surface area contributed by atoms with E-state index in [0.29, 0.717) is 12.3 Å². The predicted octanol–water partition coefficient (Wildman–Crippen LogP) is 4.59. The molecule has 5 nitrogen and oxygen atoms in total. The summed E-state index contributed by atoms with van der Waals surface area (Å²) < 4.78 is 11.6. The zero-order chi connectivity index (χ0) is 22.0. The number of ether oxygens (including phenoxy) is 2. The SMILES string of the molecule is CC(=O)OC1C[C@](C)(OC(C)=O)/C=C/CC(C)/C=C/[C@@]2(C)CCC(C(C)(C)O)C12. The highest BCUT2D eigenvalue weighted by atomic mass is 16.6. The quantitative estimate of drug-likeness (QED) is 0.548. The monoisotopic (exact) mass is 406 g/mol. The predicted molar refractivity (Wildman–Crippen MR) is 113 cm³/mol. The lowest BCUT2D eigenvalue weighted by Crippen LogP contribution is -2.47. The minimum atomic E-state index is -0.909. The summed E-state index contributed by atoms with van der Waals surface area (Å²) >= 11 is 0. The van der Waals surface area contributed by atoms with Gasteiger partial charge in [0.2, 0.25) is 0 Å². The van der Waals surface area contributed by atoms with Crippen LogP contribution in [0.4, 0.5) is 0 Å². The number of hydrogen-bond donors (Lipinski definition) is 1. The maximum atomic E-state index is 12.0. The molecule has 1 saturated carbocycles. The smallest absolute Gasteiger partial charge is 0.303 e. The number of hydrogen-bond acceptors (Lipinski definition) is 5. The molecule has 4 unspecified atom stereocenters. The van der Waals surface area contributed by atoms with E-state index in [0.717, 1.165) is 19.3 Å². The number of allylic oxidation sites excluding steroid dienone is 3. The Bertz CT molecular complexity index is 673. The molecule has 1 fully saturated rings. The van der Waals surface area contributed by atoms with E-state index < -0.39 is 17.3 Å². The Morgan fingerprint density at radius 2 is 1.79 bits per heavy atom. The minimum absolute atomic E-state index is 0.0388. The van der Waals surface area contributed by atoms with Crippen molar-refractivity contribution >= 4 is 11.9 Å². The molecular weight excluding hydrogens is 368 g/mol. The third-order valence-corrected chi connectivity index (χ3v) is 6.58. The highest BCUT2D eigenvalue weighted by Gasteiger charge is 2.54. The normalized spacial score (nSPS) is 40.3. The summed E-state index contributed by atoms with van der Waals surface area (Å²) in [6, 6.07) is 0. The van der Waals surface area contributed by atoms with Gasteiger partial charge in [-0.3, -0.25) is 9.59 Å². The number of esters is 2. The van der Waals surface area contributed by atoms with Gasteiger partial charge in [-0.25, -0.2) is 0 Å². The van der Waals surface area contributed by atoms with Crippen LogP contribution in [0.3, 0.4) is 0 Å². The summed E-state index contributed by atoms with van der Waals surface area (Å²) in [6.07, 6.45) is 10.9. The van der Waals surface area contributed by atoms with Crippen LogP contribution in [0.5, 0.6) is 0 Å². The lowest BCUT2D eigenvalue weighted by atomic mass is 9.68. The zero-order valence-corrected chi connectivity index (χ0v) is 19.0. The van der Waals surface area contributed by atoms with Gasteiger partial charge in [0.15, 0.2) is 0 Å². The Labute approximate surface area is 175 Å². The topological polar surface area (TPSA) is 72.8 Å². The van der Waals surface area contributed by atoms with E-state index in [1.54, 1.807) is 0 Å². The molecule has 164 valence electrons. The maximum Gasteiger partial charge on any atom is 0.303 e. The summed E-state index contributed by atoms with van der Waals surface area (Å²) in [5.74, 6) is -0.524. The van der Waals surface area contributed by atoms with Gasteiger partial charge in [-0.1, -0.05) is 32.1 Å². The third kappa shape index (κ3) is 5.94. The van der Waals surface area contributed by atoms with Gasteiger partial charge in [0.05, 0.1) is 5.60 Å². The second-order valence-electron chi connectivity index (χ2n) is 10.1. The first-order chi connectivity index (χ1) is 13.3. The Balaban J connectivity index is 2.59. The first-order valence-corrected chi connectivity index (χ1v) is 10.7. The van der Waals surface area contributed by atoms with Crippen LogP contribution < -0.4 is 0 Å². The van der Waals surface area contributed by atoms with Crippen LogP contribution in [0.2, 0.25) is 0 Å². The number of rotatable bonds is 3. The molecule has 1 N–H and O–H groups in total. The number of aliphatic hydroxyl groups is 1. The number of fused-ring (bicyclic) bond motifs is 1. The lowest BCUT2D eigenvalue weighted by Gasteiger charge is -2.43. The molecule has 6 atom stereocenters. The molecule has 0 aromatic rings. The largest absolute Gasteiger partial charge is 0.462 e. The molecule has 2 aliphatic carbocycles. The molecule has 0 saturated heterocycles. The molecule has 2 aliphatic rings. The van der Waals surface area contributed by atoms with Gasteiger partial charge in [-0.05, 0) is 63.4 Å². The standard InChI is InChI=1S/C24H38O5/c1-16-9-8-12-24(7,29-18(3)26)15-20(28-17(2)25)21-19(22(4,5)27)11-14-23(21,6)13-10-16/h8,10,12-13,16,19-21,27H,9,11,14-15H2,1-7H3/b12-8+,13-10+/t16?,19?,20?,21?,23-,24+/m0/s1. The van der Waals surface area contributed by atoms with Crippen LogP contribution in [0.1, 0.15) is 74.1 Å². The van der Waals surface area contributed by atoms with Crippen LogP contribution in [0.15, 0.2) is 24.3 Å². The summed E-state index contributed by atoms with van der Waals surface area (Å²) in [6.45, 7) is 12.7. The Kier molecular flexibility index (Phi) is 7.04. The Morgan fingerprint density at radius 3 is 2.34 bits per heavy atom. The van der Waals surface area contributed by atoms with Gasteiger partial charge in [0, 0.05) is 26.2 Å². The van der Waals surface area contributed by atoms with E-state index in [9.17, 15) is 14.7 Å². The van der Waals surface area contributed by atoms with Crippen LogP contribution in [-0.2, 0) is 19.1 Å². The van der Waals surface area contributed by atoms with Gasteiger partial charge < -0.3 is 14.6 Å². The summed E-state index contributed by atoms with van der Waals surface area (Å²) in [5.41, 5.74) is -2.02. The fourth-order valence-corrected chi connectivity index (χ4v) is 5.26. The van der Waals surface area contributed by atoms with E-state index in [4.69, 9.17) is 9.47 Å². The van der Waals surface area contributed by atoms with Crippen molar-refractivity contribution in [1.29, 1.82) is 0 Å². The molecule has 0 aromatic carbocycles. The van der Waals surface area contributed by atoms with Gasteiger partial charge in [0.25, 0.3) is 0 Å². The molecular formula is C24H38O5. The van der Waals surface area contributed by atoms with Crippen LogP contribution in [0.25, 0.3) is 0 Å². The van der Waals surface area contributed by atoms with Gasteiger partial charge in [-0.2, -0.15) is 0 Å². The highest BCUT2D eigenvalue weighted by molar-refractivity contribution is 5.67. The van der Waals surface area contributed by atoms with Crippen molar-refractivity contribution in [2.75, 3.05) is 0 Å². The van der Waals surface area contributed by atoms with Gasteiger partial charge >= 0.3 is 11.9 Å². The van der Waals surface area contributed by atoms with E-state index in [1.807, 2.05) is 32.9 Å². The number of carbonyl (C=O) groups is 2. The van der Waals surface area contributed by atoms with Crippen molar-refractivity contribution in [3.8, 4) is 0 Å². The van der Waals surface area contributed by atoms with Gasteiger partial charge in [0.1, 0.15) is 11.7 Å². The maximum absolute atomic E-state index is 12.0. The van der Waals surface area contributed by atoms with E-state index >= 15 is 0 Å². The molecule has 0 amide bonds. The van der Waals surface area contributed by atoms with Crippen molar-refractivity contribution in [2.24, 2.45) is 23.2 Å². The second-order valence-corrected chi connectivity index (χ2v) is 10.1. The molecule has 5 heteroatoms. The van der Waals surface area contributed by atoms with E-state index in [2.05, 4.69) is 26.0 Å². The van der Waals surface area contributed by atoms with E-state index in [-0.39, 0.29) is 29.2 Å². The fraction of sp³-hybridized carbons (Fsp3) is 0.750. The average Bonchev–Trinajstić information content (AvgIpc) is 2.88. The molecule has 0 spiro atoms. The van der Waals surface area contributed by atoms with Crippen LogP contribution in [0, 0.1) is 23.2 Å². The third-order valence-electron chi connectivity index (χ3n) is 6.58. The first-order valence-electron chi connectivity index (χ1n) is 10.7. The number of carbonyl (C=O) groups excluding carboxylic acids is 2. The summed E-state index contributed by atoms with van der Waals surface area (Å²) in [4.78, 5) is 23.9. The molecule has 29 heavy (non-hydrogen) atoms.